The number of amides is 2. The van der Waals surface area contributed by atoms with Crippen molar-refractivity contribution in [3.63, 3.8) is 0 Å². The van der Waals surface area contributed by atoms with Crippen LogP contribution in [0.3, 0.4) is 0 Å². The summed E-state index contributed by atoms with van der Waals surface area (Å²) >= 11 is 0. The molecular formula is C18H22N2O. The zero-order valence-electron chi connectivity index (χ0n) is 12.3. The maximum Gasteiger partial charge on any atom is 0.314 e. The van der Waals surface area contributed by atoms with E-state index in [0.717, 1.165) is 25.7 Å². The highest BCUT2D eigenvalue weighted by atomic mass is 16.2. The molecular weight excluding hydrogens is 260 g/mol. The van der Waals surface area contributed by atoms with Gasteiger partial charge in [0.2, 0.25) is 0 Å². The summed E-state index contributed by atoms with van der Waals surface area (Å²) in [6, 6.07) is 10.3. The third kappa shape index (κ3) is 6.15. The zero-order valence-corrected chi connectivity index (χ0v) is 12.3. The van der Waals surface area contributed by atoms with Crippen LogP contribution in [-0.2, 0) is 6.42 Å². The van der Waals surface area contributed by atoms with E-state index in [9.17, 15) is 4.79 Å². The maximum atomic E-state index is 11.6. The molecule has 21 heavy (non-hydrogen) atoms. The fourth-order valence-electron chi connectivity index (χ4n) is 2.21. The van der Waals surface area contributed by atoms with Crippen molar-refractivity contribution < 1.29 is 4.79 Å². The average Bonchev–Trinajstić information content (AvgIpc) is 3.02. The molecule has 0 aromatic heterocycles. The number of carbonyl (C=O) groups is 1. The number of benzene rings is 1. The second-order valence-corrected chi connectivity index (χ2v) is 5.09. The third-order valence-electron chi connectivity index (χ3n) is 3.36. The molecule has 3 heteroatoms. The predicted molar refractivity (Wildman–Crippen MR) is 86.1 cm³/mol. The van der Waals surface area contributed by atoms with Crippen LogP contribution in [0, 0.1) is 0 Å². The highest BCUT2D eigenvalue weighted by molar-refractivity contribution is 5.73. The predicted octanol–water partition coefficient (Wildman–Crippen LogP) is 3.35. The van der Waals surface area contributed by atoms with Gasteiger partial charge in [-0.2, -0.15) is 0 Å². The van der Waals surface area contributed by atoms with Gasteiger partial charge in [-0.15, -0.1) is 5.73 Å². The molecule has 0 saturated heterocycles. The third-order valence-corrected chi connectivity index (χ3v) is 3.36. The van der Waals surface area contributed by atoms with Gasteiger partial charge in [0.25, 0.3) is 0 Å². The molecule has 0 atom stereocenters. The normalized spacial score (nSPS) is 12.3. The van der Waals surface area contributed by atoms with Gasteiger partial charge in [-0.05, 0) is 49.0 Å². The SMILES string of the molecule is O=C(NCCCC1=CC=C=C1)NCCCc1ccccc1. The molecule has 2 rings (SSSR count). The van der Waals surface area contributed by atoms with Crippen LogP contribution < -0.4 is 10.6 Å². The maximum absolute atomic E-state index is 11.6. The molecule has 0 spiro atoms. The Balaban J connectivity index is 1.47. The van der Waals surface area contributed by atoms with Crippen LogP contribution in [0.15, 0.2) is 59.9 Å². The van der Waals surface area contributed by atoms with Crippen molar-refractivity contribution in [1.29, 1.82) is 0 Å². The molecule has 1 aromatic carbocycles. The van der Waals surface area contributed by atoms with Crippen LogP contribution >= 0.6 is 0 Å². The minimum Gasteiger partial charge on any atom is -0.338 e. The van der Waals surface area contributed by atoms with Gasteiger partial charge in [-0.25, -0.2) is 4.79 Å². The van der Waals surface area contributed by atoms with Crippen LogP contribution in [-0.4, -0.2) is 19.1 Å². The quantitative estimate of drug-likeness (QED) is 0.557. The molecule has 0 fully saturated rings. The number of nitrogens with one attached hydrogen (secondary N) is 2. The fourth-order valence-corrected chi connectivity index (χ4v) is 2.21. The van der Waals surface area contributed by atoms with Crippen LogP contribution in [0.4, 0.5) is 4.79 Å². The van der Waals surface area contributed by atoms with Crippen LogP contribution in [0.1, 0.15) is 24.8 Å². The smallest absolute Gasteiger partial charge is 0.314 e. The first-order chi connectivity index (χ1) is 10.3. The number of rotatable bonds is 8. The van der Waals surface area contributed by atoms with Crippen molar-refractivity contribution in [1.82, 2.24) is 10.6 Å². The first-order valence-electron chi connectivity index (χ1n) is 7.52. The molecule has 0 saturated carbocycles. The molecule has 3 nitrogen and oxygen atoms in total. The molecule has 0 aliphatic heterocycles. The number of allylic oxidation sites excluding steroid dienone is 3. The Labute approximate surface area is 126 Å². The topological polar surface area (TPSA) is 41.1 Å². The summed E-state index contributed by atoms with van der Waals surface area (Å²) in [6.07, 6.45) is 9.86. The van der Waals surface area contributed by atoms with Crippen molar-refractivity contribution in [2.24, 2.45) is 0 Å². The lowest BCUT2D eigenvalue weighted by Gasteiger charge is -2.07. The van der Waals surface area contributed by atoms with Crippen molar-refractivity contribution in [2.45, 2.75) is 25.7 Å². The molecule has 0 unspecified atom stereocenters. The van der Waals surface area contributed by atoms with E-state index in [1.54, 1.807) is 0 Å². The van der Waals surface area contributed by atoms with Crippen molar-refractivity contribution in [2.75, 3.05) is 13.1 Å². The summed E-state index contributed by atoms with van der Waals surface area (Å²) in [5, 5.41) is 5.77. The van der Waals surface area contributed by atoms with Gasteiger partial charge in [-0.1, -0.05) is 36.4 Å². The Kier molecular flexibility index (Phi) is 6.37. The number of hydrogen-bond donors (Lipinski definition) is 2. The fraction of sp³-hybridized carbons (Fsp3) is 0.333. The van der Waals surface area contributed by atoms with Crippen molar-refractivity contribution in [3.8, 4) is 0 Å². The Morgan fingerprint density at radius 1 is 1.00 bits per heavy atom. The van der Waals surface area contributed by atoms with E-state index in [1.807, 2.05) is 30.4 Å². The zero-order chi connectivity index (χ0) is 14.8. The van der Waals surface area contributed by atoms with Gasteiger partial charge in [0.05, 0.1) is 0 Å². The minimum absolute atomic E-state index is 0.0721. The first-order valence-corrected chi connectivity index (χ1v) is 7.52. The summed E-state index contributed by atoms with van der Waals surface area (Å²) in [5.74, 6) is 0. The van der Waals surface area contributed by atoms with E-state index < -0.39 is 0 Å². The largest absolute Gasteiger partial charge is 0.338 e. The van der Waals surface area contributed by atoms with Crippen LogP contribution in [0.2, 0.25) is 0 Å². The Bertz CT molecular complexity index is 540. The van der Waals surface area contributed by atoms with Gasteiger partial charge < -0.3 is 10.6 Å². The number of carbonyl (C=O) groups excluding carboxylic acids is 1. The van der Waals surface area contributed by atoms with E-state index in [1.165, 1.54) is 11.1 Å². The monoisotopic (exact) mass is 282 g/mol. The summed E-state index contributed by atoms with van der Waals surface area (Å²) in [7, 11) is 0. The van der Waals surface area contributed by atoms with Crippen LogP contribution in [0.5, 0.6) is 0 Å². The second-order valence-electron chi connectivity index (χ2n) is 5.09. The van der Waals surface area contributed by atoms with Gasteiger partial charge in [0, 0.05) is 13.1 Å². The molecule has 1 aromatic rings. The molecule has 0 heterocycles. The van der Waals surface area contributed by atoms with Gasteiger partial charge in [-0.3, -0.25) is 0 Å². The highest BCUT2D eigenvalue weighted by Crippen LogP contribution is 2.09. The standard InChI is InChI=1S/C18H22N2O/c21-18(20-15-7-13-17-10-4-5-11-17)19-14-6-12-16-8-2-1-3-9-16/h1-4,8-11H,6-7,12-15H2,(H2,19,20,21). The second kappa shape index (κ2) is 8.83. The van der Waals surface area contributed by atoms with E-state index in [-0.39, 0.29) is 6.03 Å². The lowest BCUT2D eigenvalue weighted by Crippen LogP contribution is -2.36. The Morgan fingerprint density at radius 2 is 1.71 bits per heavy atom. The van der Waals surface area contributed by atoms with E-state index >= 15 is 0 Å². The average molecular weight is 282 g/mol. The van der Waals surface area contributed by atoms with E-state index in [2.05, 4.69) is 34.6 Å². The van der Waals surface area contributed by atoms with Crippen molar-refractivity contribution in [3.05, 3.63) is 65.4 Å². The minimum atomic E-state index is -0.0721. The van der Waals surface area contributed by atoms with Gasteiger partial charge in [0.15, 0.2) is 0 Å². The summed E-state index contributed by atoms with van der Waals surface area (Å²) in [4.78, 5) is 11.6. The van der Waals surface area contributed by atoms with Gasteiger partial charge >= 0.3 is 6.03 Å². The Hall–Kier alpha value is -2.25. The summed E-state index contributed by atoms with van der Waals surface area (Å²) < 4.78 is 0. The number of urea groups is 1. The lowest BCUT2D eigenvalue weighted by molar-refractivity contribution is 0.240. The molecule has 0 radical (unpaired) electrons. The van der Waals surface area contributed by atoms with E-state index in [4.69, 9.17) is 0 Å². The molecule has 1 aliphatic rings. The van der Waals surface area contributed by atoms with Crippen molar-refractivity contribution >= 4 is 6.03 Å². The van der Waals surface area contributed by atoms with Gasteiger partial charge in [0.1, 0.15) is 0 Å². The molecule has 2 N–H and O–H groups in total. The molecule has 2 amide bonds. The first kappa shape index (κ1) is 15.1. The number of aryl methyl sites for hydroxylation is 1. The number of hydrogen-bond acceptors (Lipinski definition) is 1. The molecule has 110 valence electrons. The highest BCUT2D eigenvalue weighted by Gasteiger charge is 2.00. The summed E-state index contributed by atoms with van der Waals surface area (Å²) in [5.41, 5.74) is 5.62. The molecule has 0 bridgehead atoms. The van der Waals surface area contributed by atoms with Crippen LogP contribution in [0.25, 0.3) is 0 Å². The summed E-state index contributed by atoms with van der Waals surface area (Å²) in [6.45, 7) is 1.41. The molecule has 1 aliphatic carbocycles. The lowest BCUT2D eigenvalue weighted by atomic mass is 10.1. The Morgan fingerprint density at radius 3 is 2.38 bits per heavy atom. The van der Waals surface area contributed by atoms with E-state index in [0.29, 0.717) is 13.1 Å².